The fourth-order valence-corrected chi connectivity index (χ4v) is 7.27. The zero-order chi connectivity index (χ0) is 16.2. The normalized spacial score (nSPS) is 38.0. The van der Waals surface area contributed by atoms with Gasteiger partial charge in [-0.05, 0) is 69.6 Å². The van der Waals surface area contributed by atoms with Crippen LogP contribution in [0.15, 0.2) is 4.52 Å². The predicted octanol–water partition coefficient (Wildman–Crippen LogP) is 4.46. The molecule has 4 bridgehead atoms. The number of rotatable bonds is 4. The number of aryl methyl sites for hydroxylation is 2. The van der Waals surface area contributed by atoms with Gasteiger partial charge in [0.05, 0.1) is 17.7 Å². The second-order valence-corrected chi connectivity index (χ2v) is 9.93. The molecule has 0 radical (unpaired) electrons. The van der Waals surface area contributed by atoms with Gasteiger partial charge in [-0.2, -0.15) is 0 Å². The minimum Gasteiger partial charge on any atom is -0.461 e. The second kappa shape index (κ2) is 5.33. The molecule has 4 aliphatic rings. The van der Waals surface area contributed by atoms with Crippen LogP contribution in [0.2, 0.25) is 0 Å². The first-order chi connectivity index (χ1) is 10.9. The number of hydrogen-bond donors (Lipinski definition) is 0. The van der Waals surface area contributed by atoms with Crippen molar-refractivity contribution in [1.29, 1.82) is 0 Å². The molecule has 0 saturated heterocycles. The van der Waals surface area contributed by atoms with Gasteiger partial charge in [-0.1, -0.05) is 21.1 Å². The molecule has 126 valence electrons. The lowest BCUT2D eigenvalue weighted by molar-refractivity contribution is -0.152. The SMILES string of the molecule is Cc1noc(C)c1COC(=O)CC12C[C@@H]3C[C@@H](CC(Br)(C3)C1)C2. The summed E-state index contributed by atoms with van der Waals surface area (Å²) < 4.78 is 11.0. The molecule has 5 heteroatoms. The number of halogens is 1. The number of alkyl halides is 1. The van der Waals surface area contributed by atoms with E-state index in [1.807, 2.05) is 13.8 Å². The molecular formula is C18H24BrNO3. The van der Waals surface area contributed by atoms with Gasteiger partial charge < -0.3 is 9.26 Å². The summed E-state index contributed by atoms with van der Waals surface area (Å²) in [5.74, 6) is 2.27. The number of carbonyl (C=O) groups excluding carboxylic acids is 1. The van der Waals surface area contributed by atoms with Gasteiger partial charge in [0.2, 0.25) is 0 Å². The summed E-state index contributed by atoms with van der Waals surface area (Å²) in [6, 6.07) is 0. The fraction of sp³-hybridized carbons (Fsp3) is 0.778. The summed E-state index contributed by atoms with van der Waals surface area (Å²) in [6.07, 6.45) is 8.06. The van der Waals surface area contributed by atoms with E-state index in [-0.39, 0.29) is 18.0 Å². The Morgan fingerprint density at radius 3 is 2.57 bits per heavy atom. The molecule has 0 aromatic carbocycles. The van der Waals surface area contributed by atoms with Crippen LogP contribution in [0.25, 0.3) is 0 Å². The van der Waals surface area contributed by atoms with Gasteiger partial charge in [0, 0.05) is 4.32 Å². The number of ether oxygens (including phenoxy) is 1. The van der Waals surface area contributed by atoms with Gasteiger partial charge in [-0.3, -0.25) is 4.79 Å². The van der Waals surface area contributed by atoms with Crippen LogP contribution in [0.1, 0.15) is 62.0 Å². The molecule has 4 saturated carbocycles. The van der Waals surface area contributed by atoms with E-state index >= 15 is 0 Å². The monoisotopic (exact) mass is 381 g/mol. The number of aromatic nitrogens is 1. The molecule has 4 nitrogen and oxygen atoms in total. The zero-order valence-electron chi connectivity index (χ0n) is 13.9. The number of carbonyl (C=O) groups is 1. The van der Waals surface area contributed by atoms with Crippen LogP contribution in [0.4, 0.5) is 0 Å². The maximum atomic E-state index is 12.5. The van der Waals surface area contributed by atoms with Crippen molar-refractivity contribution in [2.24, 2.45) is 17.3 Å². The summed E-state index contributed by atoms with van der Waals surface area (Å²) in [5, 5.41) is 3.91. The Bertz CT molecular complexity index is 605. The molecule has 0 aliphatic heterocycles. The van der Waals surface area contributed by atoms with E-state index in [1.54, 1.807) is 0 Å². The molecule has 1 aromatic heterocycles. The Labute approximate surface area is 145 Å². The third-order valence-corrected chi connectivity index (χ3v) is 7.12. The molecule has 4 atom stereocenters. The lowest BCUT2D eigenvalue weighted by Crippen LogP contribution is -2.53. The van der Waals surface area contributed by atoms with Crippen molar-refractivity contribution in [3.8, 4) is 0 Å². The second-order valence-electron chi connectivity index (χ2n) is 8.25. The van der Waals surface area contributed by atoms with Crippen molar-refractivity contribution in [1.82, 2.24) is 5.16 Å². The average Bonchev–Trinajstić information content (AvgIpc) is 2.72. The lowest BCUT2D eigenvalue weighted by atomic mass is 9.49. The van der Waals surface area contributed by atoms with E-state index < -0.39 is 0 Å². The van der Waals surface area contributed by atoms with Crippen LogP contribution in [0.3, 0.4) is 0 Å². The van der Waals surface area contributed by atoms with Crippen molar-refractivity contribution >= 4 is 21.9 Å². The molecule has 0 spiro atoms. The third kappa shape index (κ3) is 2.86. The van der Waals surface area contributed by atoms with Gasteiger partial charge >= 0.3 is 5.97 Å². The molecule has 1 heterocycles. The molecular weight excluding hydrogens is 358 g/mol. The molecule has 4 aliphatic carbocycles. The largest absolute Gasteiger partial charge is 0.461 e. The van der Waals surface area contributed by atoms with Crippen LogP contribution in [0, 0.1) is 31.1 Å². The first kappa shape index (κ1) is 15.7. The maximum Gasteiger partial charge on any atom is 0.306 e. The molecule has 4 fully saturated rings. The zero-order valence-corrected chi connectivity index (χ0v) is 15.4. The van der Waals surface area contributed by atoms with Gasteiger partial charge in [0.1, 0.15) is 12.4 Å². The molecule has 1 aromatic rings. The van der Waals surface area contributed by atoms with Crippen molar-refractivity contribution in [3.63, 3.8) is 0 Å². The molecule has 0 N–H and O–H groups in total. The summed E-state index contributed by atoms with van der Waals surface area (Å²) in [5.41, 5.74) is 1.88. The maximum absolute atomic E-state index is 12.5. The lowest BCUT2D eigenvalue weighted by Gasteiger charge is -2.60. The van der Waals surface area contributed by atoms with Gasteiger partial charge in [0.15, 0.2) is 0 Å². The van der Waals surface area contributed by atoms with E-state index in [0.717, 1.165) is 35.3 Å². The van der Waals surface area contributed by atoms with Crippen LogP contribution in [-0.2, 0) is 16.1 Å². The summed E-state index contributed by atoms with van der Waals surface area (Å²) >= 11 is 4.00. The summed E-state index contributed by atoms with van der Waals surface area (Å²) in [6.45, 7) is 4.02. The highest BCUT2D eigenvalue weighted by atomic mass is 79.9. The highest BCUT2D eigenvalue weighted by Crippen LogP contribution is 2.65. The first-order valence-corrected chi connectivity index (χ1v) is 9.42. The van der Waals surface area contributed by atoms with Gasteiger partial charge in [-0.25, -0.2) is 0 Å². The number of nitrogens with zero attached hydrogens (tertiary/aromatic N) is 1. The van der Waals surface area contributed by atoms with Gasteiger partial charge in [-0.15, -0.1) is 0 Å². The van der Waals surface area contributed by atoms with Gasteiger partial charge in [0.25, 0.3) is 0 Å². The Hall–Kier alpha value is -0.840. The molecule has 5 rings (SSSR count). The van der Waals surface area contributed by atoms with Crippen LogP contribution >= 0.6 is 15.9 Å². The van der Waals surface area contributed by atoms with Crippen LogP contribution in [-0.4, -0.2) is 15.5 Å². The fourth-order valence-electron chi connectivity index (χ4n) is 5.76. The smallest absolute Gasteiger partial charge is 0.306 e. The highest BCUT2D eigenvalue weighted by molar-refractivity contribution is 9.10. The average molecular weight is 382 g/mol. The number of esters is 1. The Kier molecular flexibility index (Phi) is 3.63. The van der Waals surface area contributed by atoms with Crippen molar-refractivity contribution in [3.05, 3.63) is 17.0 Å². The Morgan fingerprint density at radius 1 is 1.30 bits per heavy atom. The van der Waals surface area contributed by atoms with E-state index in [9.17, 15) is 4.79 Å². The van der Waals surface area contributed by atoms with E-state index in [0.29, 0.717) is 10.7 Å². The number of hydrogen-bond acceptors (Lipinski definition) is 4. The van der Waals surface area contributed by atoms with Crippen LogP contribution < -0.4 is 0 Å². The first-order valence-electron chi connectivity index (χ1n) is 8.63. The highest BCUT2D eigenvalue weighted by Gasteiger charge is 2.57. The van der Waals surface area contributed by atoms with E-state index in [1.165, 1.54) is 32.1 Å². The summed E-state index contributed by atoms with van der Waals surface area (Å²) in [7, 11) is 0. The van der Waals surface area contributed by atoms with Crippen molar-refractivity contribution < 1.29 is 14.1 Å². The molecule has 0 amide bonds. The summed E-state index contributed by atoms with van der Waals surface area (Å²) in [4.78, 5) is 12.5. The predicted molar refractivity (Wildman–Crippen MR) is 89.2 cm³/mol. The third-order valence-electron chi connectivity index (χ3n) is 6.19. The quantitative estimate of drug-likeness (QED) is 0.570. The van der Waals surface area contributed by atoms with Crippen molar-refractivity contribution in [2.45, 2.75) is 69.7 Å². The van der Waals surface area contributed by atoms with Crippen LogP contribution in [0.5, 0.6) is 0 Å². The van der Waals surface area contributed by atoms with Crippen molar-refractivity contribution in [2.75, 3.05) is 0 Å². The minimum absolute atomic E-state index is 0.0666. The van der Waals surface area contributed by atoms with E-state index in [4.69, 9.17) is 9.26 Å². The Morgan fingerprint density at radius 2 is 2.00 bits per heavy atom. The molecule has 23 heavy (non-hydrogen) atoms. The topological polar surface area (TPSA) is 52.3 Å². The standard InChI is InChI=1S/C18H24BrNO3/c1-11-15(12(2)23-20-11)9-22-16(21)8-17-4-13-3-14(5-17)7-18(19,6-13)10-17/h13-14H,3-10H2,1-2H3/t13-,14+,17?,18?. The Balaban J connectivity index is 1.41. The van der Waals surface area contributed by atoms with E-state index in [2.05, 4.69) is 21.1 Å². The molecule has 2 unspecified atom stereocenters. The minimum atomic E-state index is -0.0666.